The minimum atomic E-state index is -1.50. The monoisotopic (exact) mass is 507 g/mol. The number of halogens is 4. The van der Waals surface area contributed by atoms with E-state index in [1.807, 2.05) is 16.8 Å². The van der Waals surface area contributed by atoms with E-state index < -0.39 is 5.09 Å². The Kier molecular flexibility index (Phi) is 10.2. The zero-order valence-electron chi connectivity index (χ0n) is 15.8. The van der Waals surface area contributed by atoms with Gasteiger partial charge in [0.05, 0.1) is 39.6 Å². The molecule has 3 aromatic rings. The summed E-state index contributed by atoms with van der Waals surface area (Å²) < 4.78 is 13.8. The normalized spacial score (nSPS) is 11.4. The van der Waals surface area contributed by atoms with Gasteiger partial charge in [-0.25, -0.2) is 4.98 Å². The number of imidazole rings is 1. The molecule has 1 atom stereocenters. The van der Waals surface area contributed by atoms with E-state index in [4.69, 9.17) is 71.2 Å². The van der Waals surface area contributed by atoms with Crippen LogP contribution in [0.25, 0.3) is 0 Å². The quantitative estimate of drug-likeness (QED) is 0.304. The first-order valence-corrected chi connectivity index (χ1v) is 10.2. The van der Waals surface area contributed by atoms with Crippen molar-refractivity contribution in [3.05, 3.63) is 90.9 Å². The maximum absolute atomic E-state index is 8.36. The highest BCUT2D eigenvalue weighted by molar-refractivity contribution is 6.42. The molecule has 12 heteroatoms. The second-order valence-corrected chi connectivity index (χ2v) is 7.69. The molecule has 8 nitrogen and oxygen atoms in total. The van der Waals surface area contributed by atoms with E-state index >= 15 is 0 Å². The number of hydrogen-bond acceptors (Lipinski definition) is 5. The van der Waals surface area contributed by atoms with Gasteiger partial charge in [0.2, 0.25) is 0 Å². The van der Waals surface area contributed by atoms with Gasteiger partial charge in [0, 0.05) is 18.5 Å². The van der Waals surface area contributed by atoms with Crippen molar-refractivity contribution in [1.29, 1.82) is 0 Å². The van der Waals surface area contributed by atoms with E-state index in [1.54, 1.807) is 42.9 Å². The first-order valence-electron chi connectivity index (χ1n) is 8.67. The molecule has 166 valence electrons. The molecule has 0 saturated carbocycles. The Bertz CT molecular complexity index is 929. The van der Waals surface area contributed by atoms with Crippen molar-refractivity contribution in [2.75, 3.05) is 6.61 Å². The summed E-state index contributed by atoms with van der Waals surface area (Å²) >= 11 is 24.0. The standard InChI is InChI=1S/C19H16Cl4N2O2.HNO3/c20-16-3-1-13(7-18(16)22)10-26-15(9-25-6-5-24-12-25)11-27-14-2-4-17(21)19(23)8-14;2-1(3)4/h1-8,12,15H,9-11H2;(H,2,3,4). The van der Waals surface area contributed by atoms with Crippen molar-refractivity contribution in [2.45, 2.75) is 19.3 Å². The Labute approximate surface area is 197 Å². The molecule has 2 aromatic carbocycles. The second-order valence-electron chi connectivity index (χ2n) is 6.07. The summed E-state index contributed by atoms with van der Waals surface area (Å²) in [5.74, 6) is 0.623. The van der Waals surface area contributed by atoms with Gasteiger partial charge in [0.1, 0.15) is 18.5 Å². The third-order valence-electron chi connectivity index (χ3n) is 3.77. The Hall–Kier alpha value is -2.23. The van der Waals surface area contributed by atoms with Crippen molar-refractivity contribution in [2.24, 2.45) is 0 Å². The highest BCUT2D eigenvalue weighted by Crippen LogP contribution is 2.27. The van der Waals surface area contributed by atoms with Crippen LogP contribution in [-0.2, 0) is 17.9 Å². The molecule has 0 aliphatic heterocycles. The van der Waals surface area contributed by atoms with E-state index in [9.17, 15) is 0 Å². The third-order valence-corrected chi connectivity index (χ3v) is 5.25. The van der Waals surface area contributed by atoms with Gasteiger partial charge in [-0.15, -0.1) is 10.1 Å². The molecule has 0 spiro atoms. The minimum absolute atomic E-state index is 0.219. The smallest absolute Gasteiger partial charge is 0.291 e. The molecule has 3 rings (SSSR count). The molecule has 31 heavy (non-hydrogen) atoms. The molecule has 0 radical (unpaired) electrons. The first kappa shape index (κ1) is 25.0. The van der Waals surface area contributed by atoms with E-state index in [2.05, 4.69) is 4.98 Å². The minimum Gasteiger partial charge on any atom is -0.491 e. The van der Waals surface area contributed by atoms with Crippen LogP contribution in [0.4, 0.5) is 0 Å². The van der Waals surface area contributed by atoms with E-state index in [1.165, 1.54) is 0 Å². The van der Waals surface area contributed by atoms with Crippen molar-refractivity contribution in [1.82, 2.24) is 9.55 Å². The molecule has 0 amide bonds. The van der Waals surface area contributed by atoms with Crippen molar-refractivity contribution < 1.29 is 19.8 Å². The molecular weight excluding hydrogens is 492 g/mol. The average Bonchev–Trinajstić information content (AvgIpc) is 3.22. The largest absolute Gasteiger partial charge is 0.491 e. The van der Waals surface area contributed by atoms with E-state index in [0.29, 0.717) is 45.6 Å². The number of ether oxygens (including phenoxy) is 2. The van der Waals surface area contributed by atoms with Crippen LogP contribution in [0.2, 0.25) is 20.1 Å². The first-order chi connectivity index (χ1) is 14.7. The fourth-order valence-electron chi connectivity index (χ4n) is 2.38. The lowest BCUT2D eigenvalue weighted by atomic mass is 10.2. The summed E-state index contributed by atoms with van der Waals surface area (Å²) in [7, 11) is 0. The van der Waals surface area contributed by atoms with E-state index in [-0.39, 0.29) is 6.10 Å². The predicted molar refractivity (Wildman–Crippen MR) is 118 cm³/mol. The highest BCUT2D eigenvalue weighted by Gasteiger charge is 2.13. The highest BCUT2D eigenvalue weighted by atomic mass is 35.5. The topological polar surface area (TPSA) is 99.7 Å². The SMILES string of the molecule is Clc1ccc(COC(COc2ccc(Cl)c(Cl)c2)Cn2ccnc2)cc1Cl.O=[N+]([O-])O. The summed E-state index contributed by atoms with van der Waals surface area (Å²) in [4.78, 5) is 12.4. The zero-order valence-corrected chi connectivity index (χ0v) is 18.9. The predicted octanol–water partition coefficient (Wildman–Crippen LogP) is 5.81. The number of nitrogens with zero attached hydrogens (tertiary/aromatic N) is 3. The molecule has 0 saturated heterocycles. The fourth-order valence-corrected chi connectivity index (χ4v) is 2.99. The molecule has 1 N–H and O–H groups in total. The summed E-state index contributed by atoms with van der Waals surface area (Å²) in [6.45, 7) is 1.29. The van der Waals surface area contributed by atoms with Gasteiger partial charge < -0.3 is 19.2 Å². The van der Waals surface area contributed by atoms with Crippen molar-refractivity contribution in [3.63, 3.8) is 0 Å². The van der Waals surface area contributed by atoms with E-state index in [0.717, 1.165) is 5.56 Å². The summed E-state index contributed by atoms with van der Waals surface area (Å²) in [5.41, 5.74) is 0.926. The van der Waals surface area contributed by atoms with Crippen LogP contribution in [-0.4, -0.2) is 32.6 Å². The lowest BCUT2D eigenvalue weighted by Crippen LogP contribution is -2.26. The van der Waals surface area contributed by atoms with Crippen LogP contribution in [0, 0.1) is 10.1 Å². The van der Waals surface area contributed by atoms with Crippen LogP contribution in [0.1, 0.15) is 5.56 Å². The molecule has 0 aliphatic carbocycles. The number of aromatic nitrogens is 2. The third kappa shape index (κ3) is 9.20. The van der Waals surface area contributed by atoms with Gasteiger partial charge >= 0.3 is 0 Å². The van der Waals surface area contributed by atoms with Crippen molar-refractivity contribution in [3.8, 4) is 5.75 Å². The van der Waals surface area contributed by atoms with Crippen LogP contribution in [0.3, 0.4) is 0 Å². The second kappa shape index (κ2) is 12.6. The Morgan fingerprint density at radius 2 is 1.71 bits per heavy atom. The Morgan fingerprint density at radius 1 is 1.06 bits per heavy atom. The number of hydrogen-bond donors (Lipinski definition) is 1. The van der Waals surface area contributed by atoms with Gasteiger partial charge in [0.15, 0.2) is 0 Å². The lowest BCUT2D eigenvalue weighted by molar-refractivity contribution is -0.742. The fraction of sp³-hybridized carbons (Fsp3) is 0.211. The van der Waals surface area contributed by atoms with Crippen LogP contribution in [0.5, 0.6) is 5.75 Å². The molecule has 0 fully saturated rings. The molecular formula is C19H17Cl4N3O5. The van der Waals surface area contributed by atoms with Crippen LogP contribution < -0.4 is 4.74 Å². The van der Waals surface area contributed by atoms with Crippen LogP contribution in [0.15, 0.2) is 55.1 Å². The van der Waals surface area contributed by atoms with Gasteiger partial charge in [-0.05, 0) is 29.8 Å². The Balaban J connectivity index is 0.000000785. The summed E-state index contributed by atoms with van der Waals surface area (Å²) in [5, 5.41) is 15.6. The molecule has 1 aromatic heterocycles. The Morgan fingerprint density at radius 3 is 2.29 bits per heavy atom. The van der Waals surface area contributed by atoms with Crippen LogP contribution >= 0.6 is 46.4 Å². The maximum atomic E-state index is 8.36. The number of benzene rings is 2. The number of rotatable bonds is 8. The molecule has 0 aliphatic rings. The molecule has 0 bridgehead atoms. The summed E-state index contributed by atoms with van der Waals surface area (Å²) in [6.07, 6.45) is 5.10. The average molecular weight is 509 g/mol. The molecule has 1 unspecified atom stereocenters. The zero-order chi connectivity index (χ0) is 22.8. The maximum Gasteiger partial charge on any atom is 0.291 e. The lowest BCUT2D eigenvalue weighted by Gasteiger charge is -2.19. The van der Waals surface area contributed by atoms with Gasteiger partial charge in [-0.1, -0.05) is 52.5 Å². The van der Waals surface area contributed by atoms with Crippen molar-refractivity contribution >= 4 is 46.4 Å². The molecule has 1 heterocycles. The summed E-state index contributed by atoms with van der Waals surface area (Å²) in [6, 6.07) is 10.6. The van der Waals surface area contributed by atoms with Gasteiger partial charge in [0.25, 0.3) is 5.09 Å². The van der Waals surface area contributed by atoms with Gasteiger partial charge in [-0.3, -0.25) is 0 Å². The van der Waals surface area contributed by atoms with Gasteiger partial charge in [-0.2, -0.15) is 0 Å².